The minimum Gasteiger partial charge on any atom is -0.368 e. The van der Waals surface area contributed by atoms with Crippen molar-refractivity contribution in [3.05, 3.63) is 53.6 Å². The molecule has 4 rings (SSSR count). The van der Waals surface area contributed by atoms with Crippen molar-refractivity contribution in [1.29, 1.82) is 0 Å². The Morgan fingerprint density at radius 1 is 1.00 bits per heavy atom. The molecule has 0 spiro atoms. The molecule has 140 valence electrons. The minimum atomic E-state index is 0.190. The topological polar surface area (TPSA) is 54.3 Å². The van der Waals surface area contributed by atoms with Crippen molar-refractivity contribution in [2.75, 3.05) is 31.1 Å². The molecule has 0 radical (unpaired) electrons. The summed E-state index contributed by atoms with van der Waals surface area (Å²) in [6, 6.07) is 14.3. The first-order valence-corrected chi connectivity index (χ1v) is 9.50. The van der Waals surface area contributed by atoms with Gasteiger partial charge in [-0.1, -0.05) is 29.5 Å². The maximum absolute atomic E-state index is 12.6. The molecule has 1 amide bonds. The Hall–Kier alpha value is -2.89. The molecule has 0 atom stereocenters. The van der Waals surface area contributed by atoms with E-state index in [0.29, 0.717) is 13.0 Å². The second kappa shape index (κ2) is 7.39. The number of aromatic nitrogens is 3. The second-order valence-corrected chi connectivity index (χ2v) is 7.14. The zero-order valence-electron chi connectivity index (χ0n) is 15.9. The zero-order valence-corrected chi connectivity index (χ0v) is 15.9. The number of hydrogen-bond acceptors (Lipinski definition) is 4. The van der Waals surface area contributed by atoms with E-state index in [1.54, 1.807) is 0 Å². The SMILES string of the molecule is Cc1cccc(N2CCN(C(=O)CCn3nnc4ccccc43)CC2)c1C. The molecular weight excluding hydrogens is 338 g/mol. The fourth-order valence-corrected chi connectivity index (χ4v) is 3.72. The van der Waals surface area contributed by atoms with E-state index in [2.05, 4.69) is 47.3 Å². The molecule has 0 N–H and O–H groups in total. The van der Waals surface area contributed by atoms with Gasteiger partial charge in [0.2, 0.25) is 5.91 Å². The molecule has 0 saturated carbocycles. The van der Waals surface area contributed by atoms with Crippen LogP contribution in [0.1, 0.15) is 17.5 Å². The summed E-state index contributed by atoms with van der Waals surface area (Å²) in [4.78, 5) is 17.0. The molecule has 2 heterocycles. The molecule has 1 aliphatic heterocycles. The first-order valence-electron chi connectivity index (χ1n) is 9.50. The highest BCUT2D eigenvalue weighted by molar-refractivity contribution is 5.77. The summed E-state index contributed by atoms with van der Waals surface area (Å²) in [5, 5.41) is 8.32. The number of nitrogens with zero attached hydrogens (tertiary/aromatic N) is 5. The lowest BCUT2D eigenvalue weighted by Gasteiger charge is -2.37. The maximum atomic E-state index is 12.6. The van der Waals surface area contributed by atoms with Crippen molar-refractivity contribution in [2.45, 2.75) is 26.8 Å². The number of hydrogen-bond donors (Lipinski definition) is 0. The van der Waals surface area contributed by atoms with Crippen LogP contribution in [0.4, 0.5) is 5.69 Å². The average molecular weight is 363 g/mol. The Kier molecular flexibility index (Phi) is 4.79. The van der Waals surface area contributed by atoms with Crippen molar-refractivity contribution < 1.29 is 4.79 Å². The Bertz CT molecular complexity index is 956. The molecular formula is C21H25N5O. The van der Waals surface area contributed by atoms with Gasteiger partial charge in [0.1, 0.15) is 5.52 Å². The number of carbonyl (C=O) groups is 1. The summed E-state index contributed by atoms with van der Waals surface area (Å²) in [6.07, 6.45) is 0.455. The van der Waals surface area contributed by atoms with Gasteiger partial charge in [-0.25, -0.2) is 4.68 Å². The Morgan fingerprint density at radius 3 is 2.59 bits per heavy atom. The molecule has 0 unspecified atom stereocenters. The third-order valence-electron chi connectivity index (χ3n) is 5.51. The van der Waals surface area contributed by atoms with E-state index < -0.39 is 0 Å². The number of benzene rings is 2. The number of piperazine rings is 1. The van der Waals surface area contributed by atoms with Gasteiger partial charge in [-0.2, -0.15) is 0 Å². The predicted octanol–water partition coefficient (Wildman–Crippen LogP) is 2.79. The van der Waals surface area contributed by atoms with Gasteiger partial charge in [0.25, 0.3) is 0 Å². The van der Waals surface area contributed by atoms with Crippen molar-refractivity contribution in [3.8, 4) is 0 Å². The molecule has 6 nitrogen and oxygen atoms in total. The molecule has 1 aliphatic rings. The Labute approximate surface area is 159 Å². The average Bonchev–Trinajstić information content (AvgIpc) is 3.12. The van der Waals surface area contributed by atoms with Crippen molar-refractivity contribution in [3.63, 3.8) is 0 Å². The van der Waals surface area contributed by atoms with Gasteiger partial charge in [0.05, 0.1) is 12.1 Å². The van der Waals surface area contributed by atoms with Crippen molar-refractivity contribution in [2.24, 2.45) is 0 Å². The first kappa shape index (κ1) is 17.5. The monoisotopic (exact) mass is 363 g/mol. The Balaban J connectivity index is 1.34. The lowest BCUT2D eigenvalue weighted by molar-refractivity contribution is -0.131. The lowest BCUT2D eigenvalue weighted by Crippen LogP contribution is -2.49. The number of rotatable bonds is 4. The van der Waals surface area contributed by atoms with E-state index in [-0.39, 0.29) is 5.91 Å². The summed E-state index contributed by atoms with van der Waals surface area (Å²) in [5.41, 5.74) is 5.77. The quantitative estimate of drug-likeness (QED) is 0.715. The molecule has 27 heavy (non-hydrogen) atoms. The van der Waals surface area contributed by atoms with E-state index >= 15 is 0 Å². The van der Waals surface area contributed by atoms with Gasteiger partial charge in [0.15, 0.2) is 0 Å². The van der Waals surface area contributed by atoms with Crippen LogP contribution in [0.3, 0.4) is 0 Å². The molecule has 1 aromatic heterocycles. The van der Waals surface area contributed by atoms with Crippen molar-refractivity contribution in [1.82, 2.24) is 19.9 Å². The number of amides is 1. The highest BCUT2D eigenvalue weighted by Crippen LogP contribution is 2.24. The summed E-state index contributed by atoms with van der Waals surface area (Å²) < 4.78 is 1.82. The molecule has 2 aromatic carbocycles. The summed E-state index contributed by atoms with van der Waals surface area (Å²) in [7, 11) is 0. The van der Waals surface area contributed by atoms with Gasteiger partial charge in [-0.15, -0.1) is 5.10 Å². The van der Waals surface area contributed by atoms with Crippen LogP contribution in [-0.2, 0) is 11.3 Å². The molecule has 1 fully saturated rings. The first-order chi connectivity index (χ1) is 13.1. The van der Waals surface area contributed by atoms with Crippen LogP contribution in [0.25, 0.3) is 11.0 Å². The number of para-hydroxylation sites is 1. The Morgan fingerprint density at radius 2 is 1.78 bits per heavy atom. The third kappa shape index (κ3) is 3.52. The minimum absolute atomic E-state index is 0.190. The van der Waals surface area contributed by atoms with E-state index in [1.165, 1.54) is 16.8 Å². The summed E-state index contributed by atoms with van der Waals surface area (Å²) in [6.45, 7) is 8.17. The smallest absolute Gasteiger partial charge is 0.224 e. The summed E-state index contributed by atoms with van der Waals surface area (Å²) in [5.74, 6) is 0.190. The zero-order chi connectivity index (χ0) is 18.8. The van der Waals surface area contributed by atoms with Gasteiger partial charge in [-0.3, -0.25) is 4.79 Å². The van der Waals surface area contributed by atoms with Crippen LogP contribution in [0.2, 0.25) is 0 Å². The largest absolute Gasteiger partial charge is 0.368 e. The lowest BCUT2D eigenvalue weighted by atomic mass is 10.1. The fourth-order valence-electron chi connectivity index (χ4n) is 3.72. The molecule has 6 heteroatoms. The maximum Gasteiger partial charge on any atom is 0.224 e. The van der Waals surface area contributed by atoms with E-state index in [0.717, 1.165) is 37.2 Å². The highest BCUT2D eigenvalue weighted by atomic mass is 16.2. The summed E-state index contributed by atoms with van der Waals surface area (Å²) >= 11 is 0. The van der Waals surface area contributed by atoms with Gasteiger partial charge in [0, 0.05) is 38.3 Å². The van der Waals surface area contributed by atoms with E-state index in [1.807, 2.05) is 33.8 Å². The number of aryl methyl sites for hydroxylation is 2. The van der Waals surface area contributed by atoms with Crippen LogP contribution >= 0.6 is 0 Å². The normalized spacial score (nSPS) is 14.7. The third-order valence-corrected chi connectivity index (χ3v) is 5.51. The van der Waals surface area contributed by atoms with E-state index in [4.69, 9.17) is 0 Å². The predicted molar refractivity (Wildman–Crippen MR) is 107 cm³/mol. The van der Waals surface area contributed by atoms with Gasteiger partial charge >= 0.3 is 0 Å². The number of carbonyl (C=O) groups excluding carboxylic acids is 1. The van der Waals surface area contributed by atoms with E-state index in [9.17, 15) is 4.79 Å². The number of fused-ring (bicyclic) bond motifs is 1. The molecule has 1 saturated heterocycles. The second-order valence-electron chi connectivity index (χ2n) is 7.14. The standard InChI is InChI=1S/C21H25N5O/c1-16-6-5-9-19(17(16)2)24-12-14-25(15-13-24)21(27)10-11-26-20-8-4-3-7-18(20)22-23-26/h3-9H,10-15H2,1-2H3. The van der Waals surface area contributed by atoms with Crippen LogP contribution < -0.4 is 4.90 Å². The fraction of sp³-hybridized carbons (Fsp3) is 0.381. The molecule has 3 aromatic rings. The van der Waals surface area contributed by atoms with Crippen molar-refractivity contribution >= 4 is 22.6 Å². The van der Waals surface area contributed by atoms with Crippen LogP contribution in [0, 0.1) is 13.8 Å². The number of anilines is 1. The van der Waals surface area contributed by atoms with Gasteiger partial charge in [-0.05, 0) is 43.2 Å². The molecule has 0 aliphatic carbocycles. The highest BCUT2D eigenvalue weighted by Gasteiger charge is 2.22. The van der Waals surface area contributed by atoms with Crippen LogP contribution in [0.15, 0.2) is 42.5 Å². The molecule has 0 bridgehead atoms. The van der Waals surface area contributed by atoms with Crippen LogP contribution in [-0.4, -0.2) is 52.0 Å². The van der Waals surface area contributed by atoms with Gasteiger partial charge < -0.3 is 9.80 Å². The van der Waals surface area contributed by atoms with Crippen LogP contribution in [0.5, 0.6) is 0 Å².